The molecule has 0 radical (unpaired) electrons. The second-order valence-corrected chi connectivity index (χ2v) is 4.34. The smallest absolute Gasteiger partial charge is 0.224 e. The lowest BCUT2D eigenvalue weighted by molar-refractivity contribution is -0.120. The first-order chi connectivity index (χ1) is 8.84. The highest BCUT2D eigenvalue weighted by atomic mass is 16.1. The highest BCUT2D eigenvalue weighted by molar-refractivity contribution is 5.78. The lowest BCUT2D eigenvalue weighted by Gasteiger charge is -2.04. The number of aryl methyl sites for hydroxylation is 1. The summed E-state index contributed by atoms with van der Waals surface area (Å²) in [7, 11) is 0. The number of benzene rings is 1. The highest BCUT2D eigenvalue weighted by Crippen LogP contribution is 2.02. The Bertz CT molecular complexity index is 463. The monoisotopic (exact) mass is 242 g/mol. The summed E-state index contributed by atoms with van der Waals surface area (Å²) in [6, 6.07) is 12.2. The van der Waals surface area contributed by atoms with Crippen molar-refractivity contribution in [3.05, 3.63) is 59.9 Å². The van der Waals surface area contributed by atoms with Crippen LogP contribution in [0.5, 0.6) is 0 Å². The minimum atomic E-state index is 0.0858. The van der Waals surface area contributed by atoms with E-state index in [9.17, 15) is 4.79 Å². The number of carbonyl (C=O) groups is 1. The number of hydrogen-bond acceptors (Lipinski definition) is 1. The van der Waals surface area contributed by atoms with E-state index in [-0.39, 0.29) is 5.91 Å². The first kappa shape index (κ1) is 12.4. The summed E-state index contributed by atoms with van der Waals surface area (Å²) in [5, 5.41) is 2.94. The molecular weight excluding hydrogens is 224 g/mol. The van der Waals surface area contributed by atoms with Crippen molar-refractivity contribution < 1.29 is 4.79 Å². The van der Waals surface area contributed by atoms with Gasteiger partial charge in [-0.15, -0.1) is 0 Å². The van der Waals surface area contributed by atoms with Crippen molar-refractivity contribution in [1.29, 1.82) is 0 Å². The van der Waals surface area contributed by atoms with Crippen LogP contribution in [0.15, 0.2) is 48.8 Å². The molecule has 2 N–H and O–H groups in total. The Morgan fingerprint density at radius 1 is 1.11 bits per heavy atom. The zero-order valence-electron chi connectivity index (χ0n) is 10.4. The number of nitrogens with one attached hydrogen (secondary N) is 2. The first-order valence-electron chi connectivity index (χ1n) is 6.27. The van der Waals surface area contributed by atoms with E-state index >= 15 is 0 Å². The van der Waals surface area contributed by atoms with Crippen molar-refractivity contribution >= 4 is 5.91 Å². The molecule has 0 atom stereocenters. The predicted molar refractivity (Wildman–Crippen MR) is 72.3 cm³/mol. The number of aromatic amines is 1. The minimum Gasteiger partial charge on any atom is -0.367 e. The molecule has 0 saturated carbocycles. The Kier molecular flexibility index (Phi) is 4.59. The second-order valence-electron chi connectivity index (χ2n) is 4.34. The lowest BCUT2D eigenvalue weighted by Crippen LogP contribution is -2.26. The summed E-state index contributed by atoms with van der Waals surface area (Å²) < 4.78 is 0. The maximum Gasteiger partial charge on any atom is 0.224 e. The van der Waals surface area contributed by atoms with Crippen LogP contribution in [0.1, 0.15) is 17.5 Å². The molecule has 0 spiro atoms. The first-order valence-corrected chi connectivity index (χ1v) is 6.27. The van der Waals surface area contributed by atoms with Crippen LogP contribution in [0.25, 0.3) is 0 Å². The third kappa shape index (κ3) is 4.09. The topological polar surface area (TPSA) is 44.9 Å². The van der Waals surface area contributed by atoms with Gasteiger partial charge in [0.1, 0.15) is 0 Å². The molecule has 1 amide bonds. The molecule has 0 saturated heterocycles. The van der Waals surface area contributed by atoms with Gasteiger partial charge in [0.25, 0.3) is 0 Å². The fourth-order valence-corrected chi connectivity index (χ4v) is 1.88. The molecule has 0 aliphatic rings. The number of aromatic nitrogens is 1. The highest BCUT2D eigenvalue weighted by Gasteiger charge is 2.02. The molecule has 1 aromatic carbocycles. The van der Waals surface area contributed by atoms with Crippen LogP contribution in [0.2, 0.25) is 0 Å². The van der Waals surface area contributed by atoms with E-state index in [0.717, 1.165) is 24.9 Å². The molecule has 0 bridgehead atoms. The quantitative estimate of drug-likeness (QED) is 0.750. The molecule has 2 aromatic rings. The molecule has 3 heteroatoms. The Morgan fingerprint density at radius 3 is 2.67 bits per heavy atom. The van der Waals surface area contributed by atoms with Gasteiger partial charge in [-0.2, -0.15) is 0 Å². The Labute approximate surface area is 107 Å². The molecule has 0 aliphatic carbocycles. The molecule has 0 fully saturated rings. The van der Waals surface area contributed by atoms with Crippen LogP contribution < -0.4 is 5.32 Å². The van der Waals surface area contributed by atoms with Crippen LogP contribution in [-0.4, -0.2) is 17.4 Å². The van der Waals surface area contributed by atoms with Crippen LogP contribution in [0, 0.1) is 0 Å². The largest absolute Gasteiger partial charge is 0.367 e. The van der Waals surface area contributed by atoms with Gasteiger partial charge in [-0.3, -0.25) is 4.79 Å². The van der Waals surface area contributed by atoms with Gasteiger partial charge in [0.05, 0.1) is 6.42 Å². The van der Waals surface area contributed by atoms with Gasteiger partial charge in [-0.05, 0) is 30.0 Å². The molecule has 2 rings (SSSR count). The maximum atomic E-state index is 11.6. The van der Waals surface area contributed by atoms with Crippen molar-refractivity contribution in [1.82, 2.24) is 10.3 Å². The molecule has 0 aliphatic heterocycles. The molecule has 94 valence electrons. The summed E-state index contributed by atoms with van der Waals surface area (Å²) in [4.78, 5) is 14.5. The Hall–Kier alpha value is -2.03. The van der Waals surface area contributed by atoms with Gasteiger partial charge >= 0.3 is 0 Å². The predicted octanol–water partition coefficient (Wildman–Crippen LogP) is 2.31. The Morgan fingerprint density at radius 2 is 1.94 bits per heavy atom. The van der Waals surface area contributed by atoms with E-state index in [1.807, 2.05) is 36.7 Å². The van der Waals surface area contributed by atoms with E-state index in [1.54, 1.807) is 0 Å². The number of carbonyl (C=O) groups excluding carboxylic acids is 1. The summed E-state index contributed by atoms with van der Waals surface area (Å²) in [5.74, 6) is 0.0858. The zero-order valence-corrected chi connectivity index (χ0v) is 10.4. The summed E-state index contributed by atoms with van der Waals surface area (Å²) in [6.07, 6.45) is 6.12. The molecule has 1 aromatic heterocycles. The maximum absolute atomic E-state index is 11.6. The molecule has 0 unspecified atom stereocenters. The molecule has 18 heavy (non-hydrogen) atoms. The van der Waals surface area contributed by atoms with Crippen molar-refractivity contribution in [3.8, 4) is 0 Å². The van der Waals surface area contributed by atoms with Crippen molar-refractivity contribution in [2.24, 2.45) is 0 Å². The van der Waals surface area contributed by atoms with Crippen molar-refractivity contribution in [3.63, 3.8) is 0 Å². The standard InChI is InChI=1S/C15H18N2O/c18-15(11-14-8-10-16-12-14)17-9-4-7-13-5-2-1-3-6-13/h1-3,5-6,8,10,12,16H,4,7,9,11H2,(H,17,18). The van der Waals surface area contributed by atoms with Crippen molar-refractivity contribution in [2.45, 2.75) is 19.3 Å². The van der Waals surface area contributed by atoms with Crippen LogP contribution in [-0.2, 0) is 17.6 Å². The summed E-state index contributed by atoms with van der Waals surface area (Å²) in [5.41, 5.74) is 2.34. The minimum absolute atomic E-state index is 0.0858. The van der Waals surface area contributed by atoms with Gasteiger partial charge in [0.2, 0.25) is 5.91 Å². The normalized spacial score (nSPS) is 10.2. The van der Waals surface area contributed by atoms with E-state index in [0.29, 0.717) is 6.42 Å². The Balaban J connectivity index is 1.62. The fraction of sp³-hybridized carbons (Fsp3) is 0.267. The number of amides is 1. The zero-order chi connectivity index (χ0) is 12.6. The summed E-state index contributed by atoms with van der Waals surface area (Å²) in [6.45, 7) is 0.734. The van der Waals surface area contributed by atoms with Gasteiger partial charge in [0, 0.05) is 18.9 Å². The molecular formula is C15H18N2O. The van der Waals surface area contributed by atoms with Crippen molar-refractivity contribution in [2.75, 3.05) is 6.54 Å². The average Bonchev–Trinajstić information content (AvgIpc) is 2.89. The van der Waals surface area contributed by atoms with E-state index in [4.69, 9.17) is 0 Å². The van der Waals surface area contributed by atoms with Gasteiger partial charge < -0.3 is 10.3 Å². The number of hydrogen-bond donors (Lipinski definition) is 2. The van der Waals surface area contributed by atoms with E-state index in [1.165, 1.54) is 5.56 Å². The second kappa shape index (κ2) is 6.64. The van der Waals surface area contributed by atoms with Crippen LogP contribution in [0.3, 0.4) is 0 Å². The molecule has 1 heterocycles. The lowest BCUT2D eigenvalue weighted by atomic mass is 10.1. The average molecular weight is 242 g/mol. The third-order valence-electron chi connectivity index (χ3n) is 2.83. The van der Waals surface area contributed by atoms with E-state index in [2.05, 4.69) is 22.4 Å². The number of H-pyrrole nitrogens is 1. The SMILES string of the molecule is O=C(Cc1cc[nH]c1)NCCCc1ccccc1. The van der Waals surface area contributed by atoms with Gasteiger partial charge in [-0.25, -0.2) is 0 Å². The number of rotatable bonds is 6. The molecule has 3 nitrogen and oxygen atoms in total. The van der Waals surface area contributed by atoms with Crippen LogP contribution >= 0.6 is 0 Å². The van der Waals surface area contributed by atoms with Gasteiger partial charge in [0.15, 0.2) is 0 Å². The van der Waals surface area contributed by atoms with Crippen LogP contribution in [0.4, 0.5) is 0 Å². The summed E-state index contributed by atoms with van der Waals surface area (Å²) >= 11 is 0. The van der Waals surface area contributed by atoms with E-state index < -0.39 is 0 Å². The fourth-order valence-electron chi connectivity index (χ4n) is 1.88. The van der Waals surface area contributed by atoms with Gasteiger partial charge in [-0.1, -0.05) is 30.3 Å². The third-order valence-corrected chi connectivity index (χ3v) is 2.83.